The molecule has 59 heavy (non-hydrogen) atoms. The Labute approximate surface area is 354 Å². The van der Waals surface area contributed by atoms with E-state index in [1.165, 1.54) is 93.6 Å². The van der Waals surface area contributed by atoms with Crippen molar-refractivity contribution < 1.29 is 0 Å². The van der Waals surface area contributed by atoms with Crippen LogP contribution in [0.1, 0.15) is 87.6 Å². The Kier molecular flexibility index (Phi) is 10.4. The molecule has 0 spiro atoms. The number of nitrogens with two attached hydrogens (primary N) is 1. The number of nitrogens with one attached hydrogen (secondary N) is 1. The summed E-state index contributed by atoms with van der Waals surface area (Å²) in [5, 5.41) is 2.58. The Hall–Kier alpha value is -5.77. The zero-order chi connectivity index (χ0) is 40.8. The normalized spacial score (nSPS) is 16.8. The molecule has 2 aliphatic carbocycles. The number of benzene rings is 6. The first-order valence-electron chi connectivity index (χ1n) is 21.2. The molecule has 0 saturated heterocycles. The fourth-order valence-corrected chi connectivity index (χ4v) is 10.7. The Morgan fingerprint density at radius 2 is 1.44 bits per heavy atom. The predicted molar refractivity (Wildman–Crippen MR) is 257 cm³/mol. The summed E-state index contributed by atoms with van der Waals surface area (Å²) < 4.78 is 0. The number of hydrogen-bond donors (Lipinski definition) is 2. The summed E-state index contributed by atoms with van der Waals surface area (Å²) >= 11 is 1.81. The lowest BCUT2D eigenvalue weighted by Crippen LogP contribution is -2.19. The van der Waals surface area contributed by atoms with Gasteiger partial charge in [-0.3, -0.25) is 0 Å². The SMILES string of the molecule is C=C(CCC1=C(C)CC(C)c2ccccc21)SC(C)/C(N)=C\C1=C(Cc2cc(-c3ccccc3)cc3c2[nH]c2ccc(-c4ccccc4)cc23)C(C)(C)c2ccccc21. The molecule has 9 rings (SSSR count). The average molecular weight is 787 g/mol. The number of rotatable bonds is 11. The Bertz CT molecular complexity index is 2830. The molecule has 0 aliphatic heterocycles. The van der Waals surface area contributed by atoms with Gasteiger partial charge in [0.1, 0.15) is 0 Å². The molecule has 2 aliphatic rings. The monoisotopic (exact) mass is 786 g/mol. The molecule has 2 atom stereocenters. The van der Waals surface area contributed by atoms with Crippen molar-refractivity contribution in [1.82, 2.24) is 4.98 Å². The zero-order valence-corrected chi connectivity index (χ0v) is 35.8. The summed E-state index contributed by atoms with van der Waals surface area (Å²) in [6, 6.07) is 51.0. The molecule has 0 saturated carbocycles. The highest BCUT2D eigenvalue weighted by Gasteiger charge is 2.37. The summed E-state index contributed by atoms with van der Waals surface area (Å²) in [6.45, 7) is 16.2. The molecular weight excluding hydrogens is 733 g/mol. The van der Waals surface area contributed by atoms with Crippen LogP contribution in [-0.2, 0) is 11.8 Å². The summed E-state index contributed by atoms with van der Waals surface area (Å²) in [5.74, 6) is 0.566. The third-order valence-corrected chi connectivity index (χ3v) is 14.2. The molecule has 0 radical (unpaired) electrons. The highest BCUT2D eigenvalue weighted by atomic mass is 32.2. The van der Waals surface area contributed by atoms with E-state index in [1.807, 2.05) is 11.8 Å². The van der Waals surface area contributed by atoms with Crippen LogP contribution in [0, 0.1) is 0 Å². The fraction of sp³-hybridized carbons (Fsp3) is 0.214. The van der Waals surface area contributed by atoms with E-state index in [0.717, 1.165) is 36.9 Å². The van der Waals surface area contributed by atoms with Gasteiger partial charge in [-0.2, -0.15) is 0 Å². The molecule has 6 aromatic carbocycles. The van der Waals surface area contributed by atoms with Crippen LogP contribution in [0.15, 0.2) is 174 Å². The molecule has 1 heterocycles. The van der Waals surface area contributed by atoms with Crippen LogP contribution in [0.5, 0.6) is 0 Å². The molecule has 7 aromatic rings. The van der Waals surface area contributed by atoms with Crippen molar-refractivity contribution >= 4 is 44.7 Å². The van der Waals surface area contributed by atoms with E-state index in [2.05, 4.69) is 192 Å². The minimum Gasteiger partial charge on any atom is -0.401 e. The minimum atomic E-state index is -0.191. The van der Waals surface area contributed by atoms with Gasteiger partial charge in [-0.25, -0.2) is 0 Å². The largest absolute Gasteiger partial charge is 0.401 e. The molecule has 3 N–H and O–H groups in total. The molecule has 1 aromatic heterocycles. The average Bonchev–Trinajstić information content (AvgIpc) is 3.72. The lowest BCUT2D eigenvalue weighted by molar-refractivity contribution is 0.623. The van der Waals surface area contributed by atoms with Gasteiger partial charge < -0.3 is 10.7 Å². The molecule has 0 fully saturated rings. The lowest BCUT2D eigenvalue weighted by atomic mass is 9.78. The minimum absolute atomic E-state index is 0.0847. The number of H-pyrrole nitrogens is 1. The topological polar surface area (TPSA) is 41.8 Å². The van der Waals surface area contributed by atoms with Crippen molar-refractivity contribution in [2.75, 3.05) is 0 Å². The highest BCUT2D eigenvalue weighted by Crippen LogP contribution is 2.50. The van der Waals surface area contributed by atoms with Crippen molar-refractivity contribution in [1.29, 1.82) is 0 Å². The van der Waals surface area contributed by atoms with E-state index >= 15 is 0 Å². The second kappa shape index (κ2) is 15.8. The van der Waals surface area contributed by atoms with Crippen LogP contribution in [0.2, 0.25) is 0 Å². The maximum atomic E-state index is 7.14. The van der Waals surface area contributed by atoms with Crippen molar-refractivity contribution in [3.8, 4) is 22.3 Å². The standard InChI is InChI=1S/C56H54N2S/c1-35-29-36(2)45(46-22-14-13-21-44(35)46)27-25-37(3)59-38(4)53(57)34-48-47-23-15-16-24-51(47)56(5,6)52(48)33-43-30-42(40-19-11-8-12-20-40)32-50-49-31-41(39-17-9-7-10-18-39)26-28-54(49)58-55(43)50/h7-24,26,28,30-32,34-35,38,58H,3,25,27,29,33,57H2,1-2,4-6H3/b53-34+. The summed E-state index contributed by atoms with van der Waals surface area (Å²) in [4.78, 5) is 5.07. The second-order valence-corrected chi connectivity index (χ2v) is 18.8. The lowest BCUT2D eigenvalue weighted by Gasteiger charge is -2.27. The van der Waals surface area contributed by atoms with Crippen LogP contribution < -0.4 is 5.73 Å². The molecule has 0 bridgehead atoms. The van der Waals surface area contributed by atoms with Gasteiger partial charge in [0.25, 0.3) is 0 Å². The van der Waals surface area contributed by atoms with E-state index < -0.39 is 0 Å². The molecule has 3 heteroatoms. The number of aromatic nitrogens is 1. The van der Waals surface area contributed by atoms with Gasteiger partial charge in [-0.1, -0.05) is 148 Å². The fourth-order valence-electron chi connectivity index (χ4n) is 9.81. The van der Waals surface area contributed by atoms with Gasteiger partial charge in [0, 0.05) is 32.7 Å². The summed E-state index contributed by atoms with van der Waals surface area (Å²) in [5.41, 5.74) is 27.5. The Morgan fingerprint density at radius 3 is 2.19 bits per heavy atom. The predicted octanol–water partition coefficient (Wildman–Crippen LogP) is 15.2. The quantitative estimate of drug-likeness (QED) is 0.137. The van der Waals surface area contributed by atoms with Gasteiger partial charge in [-0.15, -0.1) is 11.8 Å². The molecular formula is C56H54N2S. The first kappa shape index (κ1) is 38.7. The van der Waals surface area contributed by atoms with Crippen LogP contribution in [0.3, 0.4) is 0 Å². The first-order chi connectivity index (χ1) is 28.6. The second-order valence-electron chi connectivity index (χ2n) is 17.3. The molecule has 0 amide bonds. The van der Waals surface area contributed by atoms with E-state index in [4.69, 9.17) is 5.73 Å². The molecule has 294 valence electrons. The van der Waals surface area contributed by atoms with Gasteiger partial charge in [0.05, 0.1) is 5.52 Å². The van der Waals surface area contributed by atoms with E-state index in [-0.39, 0.29) is 10.7 Å². The van der Waals surface area contributed by atoms with Gasteiger partial charge in [-0.05, 0) is 147 Å². The van der Waals surface area contributed by atoms with Crippen LogP contribution in [-0.4, -0.2) is 10.2 Å². The molecule has 2 nitrogen and oxygen atoms in total. The van der Waals surface area contributed by atoms with Crippen LogP contribution in [0.4, 0.5) is 0 Å². The number of thioether (sulfide) groups is 1. The summed E-state index contributed by atoms with van der Waals surface area (Å²) in [7, 11) is 0. The van der Waals surface area contributed by atoms with Crippen molar-refractivity contribution in [2.45, 2.75) is 76.9 Å². The van der Waals surface area contributed by atoms with E-state index in [0.29, 0.717) is 5.92 Å². The van der Waals surface area contributed by atoms with Crippen LogP contribution >= 0.6 is 11.8 Å². The van der Waals surface area contributed by atoms with E-state index in [9.17, 15) is 0 Å². The number of aromatic amines is 1. The summed E-state index contributed by atoms with van der Waals surface area (Å²) in [6.07, 6.45) is 6.15. The van der Waals surface area contributed by atoms with Crippen molar-refractivity contribution in [3.05, 3.63) is 202 Å². The smallest absolute Gasteiger partial charge is 0.0501 e. The van der Waals surface area contributed by atoms with Crippen molar-refractivity contribution in [3.63, 3.8) is 0 Å². The maximum Gasteiger partial charge on any atom is 0.0501 e. The first-order valence-corrected chi connectivity index (χ1v) is 22.1. The third-order valence-electron chi connectivity index (χ3n) is 13.1. The Morgan fingerprint density at radius 1 is 0.797 bits per heavy atom. The maximum absolute atomic E-state index is 7.14. The Balaban J connectivity index is 1.07. The third kappa shape index (κ3) is 7.31. The zero-order valence-electron chi connectivity index (χ0n) is 35.0. The number of allylic oxidation sites excluding steroid dienone is 6. The number of hydrogen-bond acceptors (Lipinski definition) is 2. The van der Waals surface area contributed by atoms with Crippen molar-refractivity contribution in [2.24, 2.45) is 5.73 Å². The molecule has 2 unspecified atom stereocenters. The van der Waals surface area contributed by atoms with Crippen LogP contribution in [0.25, 0.3) is 55.2 Å². The van der Waals surface area contributed by atoms with E-state index in [1.54, 1.807) is 0 Å². The number of fused-ring (bicyclic) bond motifs is 5. The highest BCUT2D eigenvalue weighted by molar-refractivity contribution is 8.03. The van der Waals surface area contributed by atoms with Gasteiger partial charge in [0.15, 0.2) is 0 Å². The van der Waals surface area contributed by atoms with Gasteiger partial charge >= 0.3 is 0 Å². The van der Waals surface area contributed by atoms with Gasteiger partial charge in [0.2, 0.25) is 0 Å².